The van der Waals surface area contributed by atoms with E-state index in [-0.39, 0.29) is 0 Å². The molecule has 4 heteroatoms. The fourth-order valence-corrected chi connectivity index (χ4v) is 2.55. The predicted octanol–water partition coefficient (Wildman–Crippen LogP) is 1.07. The largest absolute Gasteiger partial charge is 0.311 e. The van der Waals surface area contributed by atoms with E-state index in [1.54, 1.807) is 6.26 Å². The van der Waals surface area contributed by atoms with Crippen molar-refractivity contribution in [1.29, 1.82) is 0 Å². The lowest BCUT2D eigenvalue weighted by Gasteiger charge is -2.44. The number of rotatable bonds is 3. The van der Waals surface area contributed by atoms with Crippen LogP contribution in [0, 0.1) is 5.41 Å². The standard InChI is InChI=1S/C12H26N2OS/c1-10-8-13-11(12(2,3)4)9-14(10)6-7-16(5)15/h10-11,13H,6-9H2,1-5H3. The van der Waals surface area contributed by atoms with Crippen LogP contribution < -0.4 is 5.32 Å². The van der Waals surface area contributed by atoms with Gasteiger partial charge in [0.2, 0.25) is 0 Å². The first-order valence-corrected chi connectivity index (χ1v) is 7.81. The van der Waals surface area contributed by atoms with E-state index >= 15 is 0 Å². The third-order valence-electron chi connectivity index (χ3n) is 3.41. The van der Waals surface area contributed by atoms with Gasteiger partial charge in [-0.2, -0.15) is 0 Å². The summed E-state index contributed by atoms with van der Waals surface area (Å²) in [7, 11) is -0.677. The number of hydrogen-bond acceptors (Lipinski definition) is 3. The summed E-state index contributed by atoms with van der Waals surface area (Å²) < 4.78 is 11.1. The van der Waals surface area contributed by atoms with E-state index in [9.17, 15) is 4.21 Å². The molecular formula is C12H26N2OS. The summed E-state index contributed by atoms with van der Waals surface area (Å²) in [5, 5.41) is 3.61. The summed E-state index contributed by atoms with van der Waals surface area (Å²) in [5.41, 5.74) is 0.295. The summed E-state index contributed by atoms with van der Waals surface area (Å²) >= 11 is 0. The van der Waals surface area contributed by atoms with E-state index in [1.807, 2.05) is 0 Å². The van der Waals surface area contributed by atoms with Crippen molar-refractivity contribution in [2.24, 2.45) is 5.41 Å². The molecule has 0 aliphatic carbocycles. The van der Waals surface area contributed by atoms with E-state index in [0.29, 0.717) is 17.5 Å². The molecule has 1 N–H and O–H groups in total. The SMILES string of the molecule is CC1CNC(C(C)(C)C)CN1CCS(C)=O. The van der Waals surface area contributed by atoms with Crippen molar-refractivity contribution in [3.05, 3.63) is 0 Å². The van der Waals surface area contributed by atoms with Crippen LogP contribution in [-0.4, -0.2) is 52.8 Å². The minimum Gasteiger partial charge on any atom is -0.311 e. The van der Waals surface area contributed by atoms with Crippen molar-refractivity contribution in [1.82, 2.24) is 10.2 Å². The van der Waals surface area contributed by atoms with Gasteiger partial charge in [0.1, 0.15) is 0 Å². The van der Waals surface area contributed by atoms with Gasteiger partial charge >= 0.3 is 0 Å². The Kier molecular flexibility index (Phi) is 4.95. The van der Waals surface area contributed by atoms with Crippen LogP contribution >= 0.6 is 0 Å². The van der Waals surface area contributed by atoms with Gasteiger partial charge in [0.15, 0.2) is 0 Å². The van der Waals surface area contributed by atoms with Crippen LogP contribution in [0.1, 0.15) is 27.7 Å². The molecule has 1 aliphatic heterocycles. The molecule has 1 rings (SSSR count). The summed E-state index contributed by atoms with van der Waals surface area (Å²) in [6.07, 6.45) is 1.79. The Morgan fingerprint density at radius 3 is 2.56 bits per heavy atom. The van der Waals surface area contributed by atoms with Crippen molar-refractivity contribution in [3.8, 4) is 0 Å². The molecule has 1 aliphatic rings. The molecule has 3 unspecified atom stereocenters. The van der Waals surface area contributed by atoms with Gasteiger partial charge in [0.25, 0.3) is 0 Å². The van der Waals surface area contributed by atoms with Gasteiger partial charge in [0.05, 0.1) is 0 Å². The molecule has 0 amide bonds. The topological polar surface area (TPSA) is 32.3 Å². The average molecular weight is 246 g/mol. The molecule has 1 heterocycles. The maximum absolute atomic E-state index is 11.1. The van der Waals surface area contributed by atoms with Crippen LogP contribution in [0.5, 0.6) is 0 Å². The van der Waals surface area contributed by atoms with Crippen molar-refractivity contribution >= 4 is 10.8 Å². The minimum absolute atomic E-state index is 0.295. The average Bonchev–Trinajstić information content (AvgIpc) is 2.14. The zero-order valence-corrected chi connectivity index (χ0v) is 12.1. The van der Waals surface area contributed by atoms with Crippen molar-refractivity contribution in [2.75, 3.05) is 31.6 Å². The van der Waals surface area contributed by atoms with Crippen LogP contribution in [0.15, 0.2) is 0 Å². The van der Waals surface area contributed by atoms with E-state index < -0.39 is 10.8 Å². The van der Waals surface area contributed by atoms with Crippen LogP contribution in [-0.2, 0) is 10.8 Å². The Balaban J connectivity index is 2.51. The predicted molar refractivity (Wildman–Crippen MR) is 71.2 cm³/mol. The molecule has 1 fully saturated rings. The number of piperazine rings is 1. The van der Waals surface area contributed by atoms with Gasteiger partial charge in [-0.15, -0.1) is 0 Å². The molecule has 0 radical (unpaired) electrons. The lowest BCUT2D eigenvalue weighted by atomic mass is 9.85. The van der Waals surface area contributed by atoms with Gasteiger partial charge in [-0.25, -0.2) is 0 Å². The first-order chi connectivity index (χ1) is 7.30. The molecule has 0 aromatic heterocycles. The molecule has 0 aromatic carbocycles. The molecule has 3 nitrogen and oxygen atoms in total. The maximum Gasteiger partial charge on any atom is 0.0359 e. The first kappa shape index (κ1) is 14.1. The van der Waals surface area contributed by atoms with Crippen LogP contribution in [0.25, 0.3) is 0 Å². The van der Waals surface area contributed by atoms with Crippen molar-refractivity contribution in [2.45, 2.75) is 39.8 Å². The molecule has 0 aromatic rings. The minimum atomic E-state index is -0.677. The molecule has 0 bridgehead atoms. The highest BCUT2D eigenvalue weighted by atomic mass is 32.2. The molecular weight excluding hydrogens is 220 g/mol. The molecule has 0 spiro atoms. The Labute approximate surface area is 102 Å². The molecule has 0 saturated carbocycles. The quantitative estimate of drug-likeness (QED) is 0.808. The van der Waals surface area contributed by atoms with Gasteiger partial charge < -0.3 is 5.32 Å². The molecule has 3 atom stereocenters. The fourth-order valence-electron chi connectivity index (χ4n) is 2.06. The van der Waals surface area contributed by atoms with Crippen molar-refractivity contribution in [3.63, 3.8) is 0 Å². The highest BCUT2D eigenvalue weighted by molar-refractivity contribution is 7.84. The highest BCUT2D eigenvalue weighted by Crippen LogP contribution is 2.23. The summed E-state index contributed by atoms with van der Waals surface area (Å²) in [6, 6.07) is 1.09. The van der Waals surface area contributed by atoms with E-state index in [2.05, 4.69) is 37.9 Å². The fraction of sp³-hybridized carbons (Fsp3) is 1.00. The highest BCUT2D eigenvalue weighted by Gasteiger charge is 2.31. The molecule has 96 valence electrons. The summed E-state index contributed by atoms with van der Waals surface area (Å²) in [6.45, 7) is 12.1. The first-order valence-electron chi connectivity index (χ1n) is 6.08. The Hall–Kier alpha value is 0.0700. The third kappa shape index (κ3) is 4.15. The van der Waals surface area contributed by atoms with E-state index in [1.165, 1.54) is 0 Å². The zero-order valence-electron chi connectivity index (χ0n) is 11.2. The van der Waals surface area contributed by atoms with Gasteiger partial charge in [-0.05, 0) is 12.3 Å². The van der Waals surface area contributed by atoms with Crippen LogP contribution in [0.2, 0.25) is 0 Å². The van der Waals surface area contributed by atoms with Gasteiger partial charge in [-0.1, -0.05) is 20.8 Å². The lowest BCUT2D eigenvalue weighted by Crippen LogP contribution is -2.59. The van der Waals surface area contributed by atoms with Gasteiger partial charge in [0, 0.05) is 54.5 Å². The zero-order chi connectivity index (χ0) is 12.3. The smallest absolute Gasteiger partial charge is 0.0359 e. The number of nitrogens with zero attached hydrogens (tertiary/aromatic N) is 1. The molecule has 16 heavy (non-hydrogen) atoms. The number of hydrogen-bond donors (Lipinski definition) is 1. The maximum atomic E-state index is 11.1. The Morgan fingerprint density at radius 1 is 1.44 bits per heavy atom. The monoisotopic (exact) mass is 246 g/mol. The second-order valence-electron chi connectivity index (χ2n) is 5.95. The van der Waals surface area contributed by atoms with E-state index in [0.717, 1.165) is 25.4 Å². The van der Waals surface area contributed by atoms with E-state index in [4.69, 9.17) is 0 Å². The number of nitrogens with one attached hydrogen (secondary N) is 1. The normalized spacial score (nSPS) is 30.3. The Bertz CT molecular complexity index is 250. The van der Waals surface area contributed by atoms with Crippen LogP contribution in [0.4, 0.5) is 0 Å². The second kappa shape index (κ2) is 5.61. The lowest BCUT2D eigenvalue weighted by molar-refractivity contribution is 0.0995. The van der Waals surface area contributed by atoms with Crippen LogP contribution in [0.3, 0.4) is 0 Å². The van der Waals surface area contributed by atoms with Gasteiger partial charge in [-0.3, -0.25) is 9.11 Å². The third-order valence-corrected chi connectivity index (χ3v) is 4.17. The summed E-state index contributed by atoms with van der Waals surface area (Å²) in [4.78, 5) is 2.47. The molecule has 1 saturated heterocycles. The Morgan fingerprint density at radius 2 is 2.06 bits per heavy atom. The second-order valence-corrected chi connectivity index (χ2v) is 7.50. The van der Waals surface area contributed by atoms with Crippen molar-refractivity contribution < 1.29 is 4.21 Å². The summed E-state index contributed by atoms with van der Waals surface area (Å²) in [5.74, 6) is 0.793.